The van der Waals surface area contributed by atoms with Gasteiger partial charge in [0.15, 0.2) is 0 Å². The van der Waals surface area contributed by atoms with Gasteiger partial charge in [-0.15, -0.1) is 0 Å². The average Bonchev–Trinajstić information content (AvgIpc) is 3.29. The van der Waals surface area contributed by atoms with Crippen LogP contribution in [-0.2, 0) is 20.7 Å². The van der Waals surface area contributed by atoms with Crippen molar-refractivity contribution in [3.63, 3.8) is 0 Å². The molecule has 1 amide bonds. The van der Waals surface area contributed by atoms with Crippen molar-refractivity contribution >= 4 is 11.9 Å². The summed E-state index contributed by atoms with van der Waals surface area (Å²) in [6, 6.07) is 10.4. The molecule has 0 aromatic heterocycles. The molecule has 5 nitrogen and oxygen atoms in total. The van der Waals surface area contributed by atoms with Gasteiger partial charge in [0.05, 0.1) is 13.7 Å². The molecule has 0 radical (unpaired) electrons. The van der Waals surface area contributed by atoms with Gasteiger partial charge in [0, 0.05) is 19.6 Å². The molecule has 3 atom stereocenters. The Morgan fingerprint density at radius 2 is 1.82 bits per heavy atom. The maximum atomic E-state index is 12.9. The number of hydrogen-bond acceptors (Lipinski definition) is 4. The summed E-state index contributed by atoms with van der Waals surface area (Å²) in [5.41, 5.74) is 1.39. The van der Waals surface area contributed by atoms with Crippen LogP contribution in [0.2, 0.25) is 0 Å². The van der Waals surface area contributed by atoms with Crippen LogP contribution in [0.1, 0.15) is 37.7 Å². The summed E-state index contributed by atoms with van der Waals surface area (Å²) in [5.74, 6) is 1.58. The predicted octanol–water partition coefficient (Wildman–Crippen LogP) is 2.74. The second kappa shape index (κ2) is 8.64. The molecule has 1 aliphatic carbocycles. The second-order valence-electron chi connectivity index (χ2n) is 8.77. The number of fused-ring (bicyclic) bond motifs is 1. The Morgan fingerprint density at radius 1 is 1.07 bits per heavy atom. The molecule has 4 rings (SSSR count). The first-order valence-corrected chi connectivity index (χ1v) is 10.8. The monoisotopic (exact) mass is 384 g/mol. The Labute approximate surface area is 168 Å². The third-order valence-electron chi connectivity index (χ3n) is 7.10. The summed E-state index contributed by atoms with van der Waals surface area (Å²) < 4.78 is 5.06. The SMILES string of the molecule is COC(=O)[C@@H]1[C@H]2CCC[C@@H]2CN1CC(=O)N1CCC(Cc2ccccc2)CC1. The summed E-state index contributed by atoms with van der Waals surface area (Å²) in [4.78, 5) is 29.4. The van der Waals surface area contributed by atoms with Gasteiger partial charge in [-0.2, -0.15) is 0 Å². The van der Waals surface area contributed by atoms with Crippen molar-refractivity contribution in [1.29, 1.82) is 0 Å². The number of esters is 1. The van der Waals surface area contributed by atoms with Gasteiger partial charge in [0.25, 0.3) is 0 Å². The van der Waals surface area contributed by atoms with Gasteiger partial charge < -0.3 is 9.64 Å². The number of methoxy groups -OCH3 is 1. The maximum Gasteiger partial charge on any atom is 0.323 e. The van der Waals surface area contributed by atoms with E-state index in [4.69, 9.17) is 4.74 Å². The van der Waals surface area contributed by atoms with Crippen molar-refractivity contribution in [3.8, 4) is 0 Å². The zero-order valence-corrected chi connectivity index (χ0v) is 16.9. The highest BCUT2D eigenvalue weighted by atomic mass is 16.5. The number of hydrogen-bond donors (Lipinski definition) is 0. The summed E-state index contributed by atoms with van der Waals surface area (Å²) >= 11 is 0. The molecule has 1 aromatic rings. The molecule has 0 bridgehead atoms. The zero-order chi connectivity index (χ0) is 19.5. The van der Waals surface area contributed by atoms with E-state index in [-0.39, 0.29) is 17.9 Å². The minimum atomic E-state index is -0.225. The number of nitrogens with zero attached hydrogens (tertiary/aromatic N) is 2. The fourth-order valence-electron chi connectivity index (χ4n) is 5.61. The van der Waals surface area contributed by atoms with Crippen LogP contribution in [0.25, 0.3) is 0 Å². The van der Waals surface area contributed by atoms with Crippen LogP contribution in [-0.4, -0.2) is 61.0 Å². The summed E-state index contributed by atoms with van der Waals surface area (Å²) in [6.07, 6.45) is 6.68. The molecule has 3 fully saturated rings. The Morgan fingerprint density at radius 3 is 2.54 bits per heavy atom. The van der Waals surface area contributed by atoms with E-state index in [9.17, 15) is 9.59 Å². The van der Waals surface area contributed by atoms with E-state index >= 15 is 0 Å². The van der Waals surface area contributed by atoms with E-state index in [2.05, 4.69) is 35.2 Å². The fraction of sp³-hybridized carbons (Fsp3) is 0.652. The van der Waals surface area contributed by atoms with Crippen molar-refractivity contribution in [2.45, 2.75) is 44.6 Å². The van der Waals surface area contributed by atoms with Crippen LogP contribution in [0.3, 0.4) is 0 Å². The van der Waals surface area contributed by atoms with Crippen molar-refractivity contribution in [1.82, 2.24) is 9.80 Å². The van der Waals surface area contributed by atoms with E-state index in [1.165, 1.54) is 25.5 Å². The molecule has 2 aliphatic heterocycles. The fourth-order valence-corrected chi connectivity index (χ4v) is 5.61. The zero-order valence-electron chi connectivity index (χ0n) is 16.9. The van der Waals surface area contributed by atoms with Gasteiger partial charge in [-0.1, -0.05) is 36.8 Å². The van der Waals surface area contributed by atoms with Crippen molar-refractivity contribution in [3.05, 3.63) is 35.9 Å². The minimum Gasteiger partial charge on any atom is -0.468 e. The largest absolute Gasteiger partial charge is 0.468 e. The molecular formula is C23H32N2O3. The number of benzene rings is 1. The summed E-state index contributed by atoms with van der Waals surface area (Å²) in [6.45, 7) is 2.89. The Kier molecular flexibility index (Phi) is 6.00. The molecule has 1 saturated carbocycles. The minimum absolute atomic E-state index is 0.163. The lowest BCUT2D eigenvalue weighted by atomic mass is 9.90. The maximum absolute atomic E-state index is 12.9. The van der Waals surface area contributed by atoms with Gasteiger partial charge in [-0.3, -0.25) is 14.5 Å². The Balaban J connectivity index is 1.30. The molecule has 2 saturated heterocycles. The van der Waals surface area contributed by atoms with Gasteiger partial charge >= 0.3 is 5.97 Å². The van der Waals surface area contributed by atoms with Gasteiger partial charge in [0.1, 0.15) is 6.04 Å². The lowest BCUT2D eigenvalue weighted by molar-refractivity contribution is -0.148. The van der Waals surface area contributed by atoms with Crippen LogP contribution < -0.4 is 0 Å². The Bertz CT molecular complexity index is 684. The van der Waals surface area contributed by atoms with Crippen molar-refractivity contribution in [2.24, 2.45) is 17.8 Å². The first-order chi connectivity index (χ1) is 13.7. The Hall–Kier alpha value is -1.88. The van der Waals surface area contributed by atoms with E-state index < -0.39 is 0 Å². The van der Waals surface area contributed by atoms with E-state index in [1.807, 2.05) is 4.90 Å². The number of piperidine rings is 1. The van der Waals surface area contributed by atoms with Crippen molar-refractivity contribution in [2.75, 3.05) is 33.3 Å². The van der Waals surface area contributed by atoms with Gasteiger partial charge in [0.2, 0.25) is 5.91 Å². The van der Waals surface area contributed by atoms with Gasteiger partial charge in [-0.05, 0) is 55.4 Å². The summed E-state index contributed by atoms with van der Waals surface area (Å²) in [7, 11) is 1.46. The molecule has 3 aliphatic rings. The van der Waals surface area contributed by atoms with Crippen molar-refractivity contribution < 1.29 is 14.3 Å². The summed E-state index contributed by atoms with van der Waals surface area (Å²) in [5, 5.41) is 0. The first kappa shape index (κ1) is 19.4. The third kappa shape index (κ3) is 4.09. The topological polar surface area (TPSA) is 49.9 Å². The molecule has 0 unspecified atom stereocenters. The highest BCUT2D eigenvalue weighted by Crippen LogP contribution is 2.42. The number of amides is 1. The predicted molar refractivity (Wildman–Crippen MR) is 108 cm³/mol. The van der Waals surface area contributed by atoms with Crippen LogP contribution in [0, 0.1) is 17.8 Å². The lowest BCUT2D eigenvalue weighted by Gasteiger charge is -2.34. The molecule has 1 aromatic carbocycles. The number of rotatable bonds is 5. The molecule has 152 valence electrons. The van der Waals surface area contributed by atoms with Gasteiger partial charge in [-0.25, -0.2) is 0 Å². The van der Waals surface area contributed by atoms with E-state index in [0.29, 0.717) is 24.3 Å². The first-order valence-electron chi connectivity index (χ1n) is 10.8. The van der Waals surface area contributed by atoms with E-state index in [1.54, 1.807) is 0 Å². The standard InChI is InChI=1S/C23H32N2O3/c1-28-23(27)22-20-9-5-8-19(20)15-25(22)16-21(26)24-12-10-18(11-13-24)14-17-6-3-2-4-7-17/h2-4,6-7,18-20,22H,5,8-16H2,1H3/t19-,20+,22+/m1/s1. The highest BCUT2D eigenvalue weighted by Gasteiger charge is 2.48. The number of carbonyl (C=O) groups is 2. The quantitative estimate of drug-likeness (QED) is 0.733. The smallest absolute Gasteiger partial charge is 0.323 e. The molecular weight excluding hydrogens is 352 g/mol. The molecule has 0 spiro atoms. The number of carbonyl (C=O) groups excluding carboxylic acids is 2. The highest BCUT2D eigenvalue weighted by molar-refractivity contribution is 5.81. The number of ether oxygens (including phenoxy) is 1. The molecule has 28 heavy (non-hydrogen) atoms. The van der Waals surface area contributed by atoms with Crippen LogP contribution in [0.4, 0.5) is 0 Å². The van der Waals surface area contributed by atoms with E-state index in [0.717, 1.165) is 45.3 Å². The van der Waals surface area contributed by atoms with Crippen LogP contribution in [0.15, 0.2) is 30.3 Å². The second-order valence-corrected chi connectivity index (χ2v) is 8.77. The lowest BCUT2D eigenvalue weighted by Crippen LogP contribution is -2.48. The third-order valence-corrected chi connectivity index (χ3v) is 7.10. The molecule has 0 N–H and O–H groups in total. The van der Waals surface area contributed by atoms with Crippen LogP contribution >= 0.6 is 0 Å². The normalized spacial score (nSPS) is 28.3. The molecule has 2 heterocycles. The average molecular weight is 385 g/mol. The molecule has 5 heteroatoms. The van der Waals surface area contributed by atoms with Crippen LogP contribution in [0.5, 0.6) is 0 Å². The number of likely N-dealkylation sites (tertiary alicyclic amines) is 2.